The first-order chi connectivity index (χ1) is 6.57. The maximum absolute atomic E-state index is 2.12. The summed E-state index contributed by atoms with van der Waals surface area (Å²) >= 11 is 0. The van der Waals surface area contributed by atoms with Crippen LogP contribution in [-0.2, 0) is 0 Å². The van der Waals surface area contributed by atoms with Gasteiger partial charge in [-0.1, -0.05) is 39.3 Å². The van der Waals surface area contributed by atoms with Gasteiger partial charge in [0, 0.05) is 20.3 Å². The Bertz CT molecular complexity index is 153. The van der Waals surface area contributed by atoms with E-state index in [9.17, 15) is 0 Å². The zero-order valence-corrected chi connectivity index (χ0v) is 11.6. The van der Waals surface area contributed by atoms with Crippen molar-refractivity contribution in [3.63, 3.8) is 0 Å². The van der Waals surface area contributed by atoms with E-state index in [-0.39, 0.29) is 0 Å². The van der Waals surface area contributed by atoms with Crippen molar-refractivity contribution in [2.75, 3.05) is 14.1 Å². The number of rotatable bonds is 2. The Morgan fingerprint density at radius 2 is 1.21 bits per heavy atom. The number of nitrogens with zero attached hydrogens (tertiary/aromatic N) is 1. The van der Waals surface area contributed by atoms with Gasteiger partial charge in [0.05, 0.1) is 0 Å². The summed E-state index contributed by atoms with van der Waals surface area (Å²) in [4.78, 5) is 2.06. The Kier molecular flexibility index (Phi) is 20.0. The van der Waals surface area contributed by atoms with E-state index in [4.69, 9.17) is 0 Å². The summed E-state index contributed by atoms with van der Waals surface area (Å²) in [6.07, 6.45) is 4.24. The summed E-state index contributed by atoms with van der Waals surface area (Å²) in [5.74, 6) is 0. The van der Waals surface area contributed by atoms with Crippen LogP contribution in [0, 0.1) is 0 Å². The smallest absolute Gasteiger partial charge is 0.00557 e. The van der Waals surface area contributed by atoms with E-state index in [1.54, 1.807) is 0 Å². The third kappa shape index (κ3) is 13.8. The molecule has 0 N–H and O–H groups in total. The minimum atomic E-state index is 1.33. The molecule has 0 saturated carbocycles. The van der Waals surface area contributed by atoms with E-state index in [1.165, 1.54) is 11.1 Å². The Balaban J connectivity index is -0.000000266. The summed E-state index contributed by atoms with van der Waals surface area (Å²) in [6.45, 7) is 14.3. The minimum absolute atomic E-state index is 1.33. The van der Waals surface area contributed by atoms with Gasteiger partial charge in [-0.25, -0.2) is 0 Å². The summed E-state index contributed by atoms with van der Waals surface area (Å²) in [5, 5.41) is 0. The highest BCUT2D eigenvalue weighted by atomic mass is 15.0. The SMILES string of the molecule is C/C=C(C)\C(C)=C/N(C)C.CC.CC. The lowest BCUT2D eigenvalue weighted by atomic mass is 10.1. The molecule has 0 aromatic rings. The molecular formula is C13H29N. The van der Waals surface area contributed by atoms with Crippen LogP contribution in [0.4, 0.5) is 0 Å². The highest BCUT2D eigenvalue weighted by Crippen LogP contribution is 2.06. The van der Waals surface area contributed by atoms with Crippen molar-refractivity contribution in [3.05, 3.63) is 23.4 Å². The molecule has 14 heavy (non-hydrogen) atoms. The standard InChI is InChI=1S/C9H17N.2C2H6/c1-6-8(2)9(3)7-10(4)5;2*1-2/h6-7H,1-5H3;2*1-2H3/b8-6-,9-7-;;. The second-order valence-electron chi connectivity index (χ2n) is 2.75. The van der Waals surface area contributed by atoms with E-state index in [0.717, 1.165) is 0 Å². The molecule has 0 aromatic carbocycles. The van der Waals surface area contributed by atoms with Gasteiger partial charge in [0.15, 0.2) is 0 Å². The van der Waals surface area contributed by atoms with E-state index < -0.39 is 0 Å². The quantitative estimate of drug-likeness (QED) is 0.593. The van der Waals surface area contributed by atoms with Crippen molar-refractivity contribution < 1.29 is 0 Å². The molecule has 0 amide bonds. The monoisotopic (exact) mass is 199 g/mol. The van der Waals surface area contributed by atoms with Crippen LogP contribution in [-0.4, -0.2) is 19.0 Å². The molecule has 0 aliphatic rings. The molecule has 0 aliphatic carbocycles. The van der Waals surface area contributed by atoms with Crippen LogP contribution in [0.2, 0.25) is 0 Å². The van der Waals surface area contributed by atoms with Crippen molar-refractivity contribution in [1.29, 1.82) is 0 Å². The van der Waals surface area contributed by atoms with E-state index in [2.05, 4.69) is 37.9 Å². The number of allylic oxidation sites excluding steroid dienone is 3. The largest absolute Gasteiger partial charge is 0.383 e. The fourth-order valence-corrected chi connectivity index (χ4v) is 0.717. The Morgan fingerprint density at radius 1 is 0.857 bits per heavy atom. The summed E-state index contributed by atoms with van der Waals surface area (Å²) in [6, 6.07) is 0. The van der Waals surface area contributed by atoms with Gasteiger partial charge >= 0.3 is 0 Å². The zero-order valence-electron chi connectivity index (χ0n) is 11.6. The molecule has 0 aromatic heterocycles. The normalized spacial score (nSPS) is 10.6. The fraction of sp³-hybridized carbons (Fsp3) is 0.692. The molecule has 0 heterocycles. The summed E-state index contributed by atoms with van der Waals surface area (Å²) in [5.41, 5.74) is 2.67. The molecule has 0 atom stereocenters. The van der Waals surface area contributed by atoms with Gasteiger partial charge in [-0.05, 0) is 26.3 Å². The van der Waals surface area contributed by atoms with E-state index >= 15 is 0 Å². The third-order valence-corrected chi connectivity index (χ3v) is 1.51. The summed E-state index contributed by atoms with van der Waals surface area (Å²) < 4.78 is 0. The van der Waals surface area contributed by atoms with Gasteiger partial charge in [0.1, 0.15) is 0 Å². The van der Waals surface area contributed by atoms with Crippen LogP contribution in [0.3, 0.4) is 0 Å². The van der Waals surface area contributed by atoms with Crippen molar-refractivity contribution in [2.24, 2.45) is 0 Å². The predicted octanol–water partition coefficient (Wildman–Crippen LogP) is 4.47. The fourth-order valence-electron chi connectivity index (χ4n) is 0.717. The summed E-state index contributed by atoms with van der Waals surface area (Å²) in [7, 11) is 4.07. The number of hydrogen-bond acceptors (Lipinski definition) is 1. The van der Waals surface area contributed by atoms with Crippen LogP contribution in [0.1, 0.15) is 48.5 Å². The van der Waals surface area contributed by atoms with Gasteiger partial charge in [-0.3, -0.25) is 0 Å². The maximum atomic E-state index is 2.12. The van der Waals surface area contributed by atoms with E-state index in [1.807, 2.05) is 41.8 Å². The molecule has 0 radical (unpaired) electrons. The maximum Gasteiger partial charge on any atom is 0.00557 e. The average molecular weight is 199 g/mol. The van der Waals surface area contributed by atoms with Crippen LogP contribution in [0.15, 0.2) is 23.4 Å². The van der Waals surface area contributed by atoms with Gasteiger partial charge in [-0.15, -0.1) is 0 Å². The van der Waals surface area contributed by atoms with Crippen molar-refractivity contribution >= 4 is 0 Å². The molecule has 0 spiro atoms. The first-order valence-corrected chi connectivity index (χ1v) is 5.56. The first-order valence-electron chi connectivity index (χ1n) is 5.56. The molecule has 0 unspecified atom stereocenters. The minimum Gasteiger partial charge on any atom is -0.383 e. The van der Waals surface area contributed by atoms with E-state index in [0.29, 0.717) is 0 Å². The second kappa shape index (κ2) is 14.8. The second-order valence-corrected chi connectivity index (χ2v) is 2.75. The Morgan fingerprint density at radius 3 is 1.43 bits per heavy atom. The van der Waals surface area contributed by atoms with Gasteiger partial charge < -0.3 is 4.90 Å². The molecule has 0 fully saturated rings. The number of hydrogen-bond donors (Lipinski definition) is 0. The highest BCUT2D eigenvalue weighted by molar-refractivity contribution is 5.25. The Labute approximate surface area is 91.5 Å². The van der Waals surface area contributed by atoms with Crippen LogP contribution in [0.5, 0.6) is 0 Å². The van der Waals surface area contributed by atoms with Gasteiger partial charge in [0.2, 0.25) is 0 Å². The topological polar surface area (TPSA) is 3.24 Å². The lowest BCUT2D eigenvalue weighted by Crippen LogP contribution is -2.02. The molecule has 1 heteroatoms. The molecule has 86 valence electrons. The molecule has 0 bridgehead atoms. The van der Waals surface area contributed by atoms with Gasteiger partial charge in [-0.2, -0.15) is 0 Å². The average Bonchev–Trinajstić information content (AvgIpc) is 2.21. The molecule has 1 nitrogen and oxygen atoms in total. The first kappa shape index (κ1) is 18.9. The molecule has 0 rings (SSSR count). The van der Waals surface area contributed by atoms with Crippen molar-refractivity contribution in [1.82, 2.24) is 4.90 Å². The third-order valence-electron chi connectivity index (χ3n) is 1.51. The predicted molar refractivity (Wildman–Crippen MR) is 69.6 cm³/mol. The van der Waals surface area contributed by atoms with Crippen LogP contribution in [0.25, 0.3) is 0 Å². The zero-order chi connectivity index (χ0) is 12.1. The van der Waals surface area contributed by atoms with Crippen LogP contribution >= 0.6 is 0 Å². The highest BCUT2D eigenvalue weighted by Gasteiger charge is 1.89. The van der Waals surface area contributed by atoms with Crippen molar-refractivity contribution in [2.45, 2.75) is 48.5 Å². The molecular weight excluding hydrogens is 170 g/mol. The lowest BCUT2D eigenvalue weighted by Gasteiger charge is -2.07. The molecule has 0 aliphatic heterocycles. The lowest BCUT2D eigenvalue weighted by molar-refractivity contribution is 0.559. The van der Waals surface area contributed by atoms with Crippen LogP contribution < -0.4 is 0 Å². The van der Waals surface area contributed by atoms with Crippen molar-refractivity contribution in [3.8, 4) is 0 Å². The van der Waals surface area contributed by atoms with Gasteiger partial charge in [0.25, 0.3) is 0 Å². The molecule has 0 saturated heterocycles. The Hall–Kier alpha value is -0.720.